The van der Waals surface area contributed by atoms with Gasteiger partial charge in [0.05, 0.1) is 30.0 Å². The monoisotopic (exact) mass is 434 g/mol. The van der Waals surface area contributed by atoms with Crippen molar-refractivity contribution in [3.63, 3.8) is 0 Å². The minimum absolute atomic E-state index is 0.278. The van der Waals surface area contributed by atoms with E-state index < -0.39 is 0 Å². The molecule has 144 valence electrons. The van der Waals surface area contributed by atoms with E-state index in [1.807, 2.05) is 13.0 Å². The Balaban J connectivity index is 2.21. The smallest absolute Gasteiger partial charge is 0.259 e. The number of nitrogens with one attached hydrogen (secondary N) is 2. The average Bonchev–Trinajstić information content (AvgIpc) is 2.67. The van der Waals surface area contributed by atoms with Gasteiger partial charge in [0.2, 0.25) is 0 Å². The number of rotatable bonds is 9. The van der Waals surface area contributed by atoms with E-state index in [0.29, 0.717) is 42.3 Å². The van der Waals surface area contributed by atoms with Crippen molar-refractivity contribution in [2.24, 2.45) is 0 Å². The van der Waals surface area contributed by atoms with Gasteiger partial charge in [0.1, 0.15) is 5.75 Å². The standard InChI is InChI=1S/C20H23BrN2O4/c1-3-11-27-18-9-8-14(21)13-16(18)20(25)23-17-7-5-4-6-15(17)19(24)22-10-12-26-2/h4-9,13H,3,10-12H2,1-2H3,(H,22,24)(H,23,25). The molecule has 6 nitrogen and oxygen atoms in total. The molecule has 0 aliphatic carbocycles. The van der Waals surface area contributed by atoms with E-state index in [4.69, 9.17) is 9.47 Å². The highest BCUT2D eigenvalue weighted by atomic mass is 79.9. The number of methoxy groups -OCH3 is 1. The molecule has 0 saturated heterocycles. The fourth-order valence-electron chi connectivity index (χ4n) is 2.36. The summed E-state index contributed by atoms with van der Waals surface area (Å²) in [5.41, 5.74) is 1.21. The summed E-state index contributed by atoms with van der Waals surface area (Å²) in [5, 5.41) is 5.56. The Kier molecular flexibility index (Phi) is 8.29. The van der Waals surface area contributed by atoms with Crippen molar-refractivity contribution in [3.8, 4) is 5.75 Å². The molecule has 2 N–H and O–H groups in total. The Morgan fingerprint density at radius 3 is 2.56 bits per heavy atom. The van der Waals surface area contributed by atoms with Crippen LogP contribution in [0.2, 0.25) is 0 Å². The highest BCUT2D eigenvalue weighted by Gasteiger charge is 2.17. The van der Waals surface area contributed by atoms with Gasteiger partial charge in [-0.25, -0.2) is 0 Å². The predicted molar refractivity (Wildman–Crippen MR) is 109 cm³/mol. The molecule has 0 aliphatic heterocycles. The van der Waals surface area contributed by atoms with Crippen molar-refractivity contribution in [1.82, 2.24) is 5.32 Å². The van der Waals surface area contributed by atoms with Crippen LogP contribution in [-0.4, -0.2) is 38.7 Å². The quantitative estimate of drug-likeness (QED) is 0.587. The molecular weight excluding hydrogens is 412 g/mol. The summed E-state index contributed by atoms with van der Waals surface area (Å²) in [6.07, 6.45) is 0.835. The molecule has 0 atom stereocenters. The number of hydrogen-bond donors (Lipinski definition) is 2. The van der Waals surface area contributed by atoms with Crippen LogP contribution >= 0.6 is 15.9 Å². The second kappa shape index (κ2) is 10.7. The Labute approximate surface area is 167 Å². The molecule has 0 aliphatic rings. The predicted octanol–water partition coefficient (Wildman–Crippen LogP) is 3.87. The molecule has 2 amide bonds. The Hall–Kier alpha value is -2.38. The van der Waals surface area contributed by atoms with Crippen molar-refractivity contribution >= 4 is 33.4 Å². The van der Waals surface area contributed by atoms with Crippen molar-refractivity contribution in [2.75, 3.05) is 32.2 Å². The third kappa shape index (κ3) is 6.08. The molecule has 27 heavy (non-hydrogen) atoms. The molecule has 0 saturated carbocycles. The number of carbonyl (C=O) groups excluding carboxylic acids is 2. The van der Waals surface area contributed by atoms with Gasteiger partial charge in [-0.3, -0.25) is 9.59 Å². The van der Waals surface area contributed by atoms with Gasteiger partial charge >= 0.3 is 0 Å². The molecular formula is C20H23BrN2O4. The largest absolute Gasteiger partial charge is 0.493 e. The zero-order chi connectivity index (χ0) is 19.6. The fraction of sp³-hybridized carbons (Fsp3) is 0.300. The number of ether oxygens (including phenoxy) is 2. The fourth-order valence-corrected chi connectivity index (χ4v) is 2.72. The van der Waals surface area contributed by atoms with E-state index in [1.54, 1.807) is 43.5 Å². The van der Waals surface area contributed by atoms with Crippen molar-refractivity contribution in [2.45, 2.75) is 13.3 Å². The minimum Gasteiger partial charge on any atom is -0.493 e. The summed E-state index contributed by atoms with van der Waals surface area (Å²) in [6.45, 7) is 3.31. The number of halogens is 1. The van der Waals surface area contributed by atoms with Gasteiger partial charge in [0, 0.05) is 18.1 Å². The number of carbonyl (C=O) groups is 2. The van der Waals surface area contributed by atoms with Crippen LogP contribution in [0.5, 0.6) is 5.75 Å². The van der Waals surface area contributed by atoms with Gasteiger partial charge in [-0.2, -0.15) is 0 Å². The van der Waals surface area contributed by atoms with Crippen LogP contribution in [0.1, 0.15) is 34.1 Å². The number of anilines is 1. The topological polar surface area (TPSA) is 76.7 Å². The number of hydrogen-bond acceptors (Lipinski definition) is 4. The minimum atomic E-state index is -0.348. The molecule has 2 rings (SSSR count). The van der Waals surface area contributed by atoms with Crippen molar-refractivity contribution < 1.29 is 19.1 Å². The highest BCUT2D eigenvalue weighted by molar-refractivity contribution is 9.10. The maximum Gasteiger partial charge on any atom is 0.259 e. The van der Waals surface area contributed by atoms with Crippen molar-refractivity contribution in [1.29, 1.82) is 0 Å². The molecule has 0 fully saturated rings. The number of para-hydroxylation sites is 1. The summed E-state index contributed by atoms with van der Waals surface area (Å²) in [5.74, 6) is -0.126. The van der Waals surface area contributed by atoms with Gasteiger partial charge < -0.3 is 20.1 Å². The first-order chi connectivity index (χ1) is 13.1. The zero-order valence-electron chi connectivity index (χ0n) is 15.4. The van der Waals surface area contributed by atoms with Gasteiger partial charge in [-0.15, -0.1) is 0 Å². The first-order valence-corrected chi connectivity index (χ1v) is 9.46. The molecule has 0 unspecified atom stereocenters. The zero-order valence-corrected chi connectivity index (χ0v) is 17.0. The molecule has 2 aromatic carbocycles. The van der Waals surface area contributed by atoms with E-state index in [1.165, 1.54) is 0 Å². The summed E-state index contributed by atoms with van der Waals surface area (Å²) in [7, 11) is 1.57. The van der Waals surface area contributed by atoms with Crippen LogP contribution in [0, 0.1) is 0 Å². The van der Waals surface area contributed by atoms with Crippen LogP contribution in [0.15, 0.2) is 46.9 Å². The summed E-state index contributed by atoms with van der Waals surface area (Å²) in [4.78, 5) is 25.2. The number of benzene rings is 2. The summed E-state index contributed by atoms with van der Waals surface area (Å²) in [6, 6.07) is 12.1. The van der Waals surface area contributed by atoms with Crippen LogP contribution in [0.25, 0.3) is 0 Å². The van der Waals surface area contributed by atoms with Gasteiger partial charge in [-0.05, 0) is 36.8 Å². The normalized spacial score (nSPS) is 10.3. The highest BCUT2D eigenvalue weighted by Crippen LogP contribution is 2.25. The summed E-state index contributed by atoms with van der Waals surface area (Å²) < 4.78 is 11.4. The Morgan fingerprint density at radius 1 is 1.04 bits per heavy atom. The van der Waals surface area contributed by atoms with Gasteiger partial charge in [-0.1, -0.05) is 35.0 Å². The van der Waals surface area contributed by atoms with Gasteiger partial charge in [0.15, 0.2) is 0 Å². The molecule has 0 spiro atoms. The Bertz CT molecular complexity index is 795. The maximum atomic E-state index is 12.8. The van der Waals surface area contributed by atoms with E-state index in [9.17, 15) is 9.59 Å². The van der Waals surface area contributed by atoms with E-state index in [-0.39, 0.29) is 11.8 Å². The van der Waals surface area contributed by atoms with E-state index >= 15 is 0 Å². The molecule has 0 aromatic heterocycles. The Morgan fingerprint density at radius 2 is 1.81 bits per heavy atom. The lowest BCUT2D eigenvalue weighted by Crippen LogP contribution is -2.28. The van der Waals surface area contributed by atoms with Gasteiger partial charge in [0.25, 0.3) is 11.8 Å². The lowest BCUT2D eigenvalue weighted by atomic mass is 10.1. The van der Waals surface area contributed by atoms with E-state index in [2.05, 4.69) is 26.6 Å². The maximum absolute atomic E-state index is 12.8. The number of amides is 2. The summed E-state index contributed by atoms with van der Waals surface area (Å²) >= 11 is 3.38. The van der Waals surface area contributed by atoms with E-state index in [0.717, 1.165) is 10.9 Å². The third-order valence-electron chi connectivity index (χ3n) is 3.66. The molecule has 0 heterocycles. The second-order valence-corrected chi connectivity index (χ2v) is 6.65. The first-order valence-electron chi connectivity index (χ1n) is 8.66. The SMILES string of the molecule is CCCOc1ccc(Br)cc1C(=O)Nc1ccccc1C(=O)NCCOC. The molecule has 7 heteroatoms. The molecule has 0 bridgehead atoms. The van der Waals surface area contributed by atoms with Crippen LogP contribution in [0.4, 0.5) is 5.69 Å². The second-order valence-electron chi connectivity index (χ2n) is 5.74. The van der Waals surface area contributed by atoms with Crippen LogP contribution < -0.4 is 15.4 Å². The van der Waals surface area contributed by atoms with Crippen LogP contribution in [-0.2, 0) is 4.74 Å². The third-order valence-corrected chi connectivity index (χ3v) is 4.15. The van der Waals surface area contributed by atoms with Crippen LogP contribution in [0.3, 0.4) is 0 Å². The molecule has 2 aromatic rings. The van der Waals surface area contributed by atoms with Crippen molar-refractivity contribution in [3.05, 3.63) is 58.1 Å². The lowest BCUT2D eigenvalue weighted by molar-refractivity contribution is 0.0938. The average molecular weight is 435 g/mol. The molecule has 0 radical (unpaired) electrons. The lowest BCUT2D eigenvalue weighted by Gasteiger charge is -2.14. The first kappa shape index (κ1) is 20.9.